The van der Waals surface area contributed by atoms with Crippen molar-refractivity contribution in [3.63, 3.8) is 0 Å². The number of anilines is 1. The molecule has 0 spiro atoms. The first-order valence-corrected chi connectivity index (χ1v) is 11.1. The van der Waals surface area contributed by atoms with Gasteiger partial charge in [0.15, 0.2) is 0 Å². The Morgan fingerprint density at radius 1 is 1.13 bits per heavy atom. The van der Waals surface area contributed by atoms with Crippen molar-refractivity contribution in [2.45, 2.75) is 31.2 Å². The molecule has 0 amide bonds. The third-order valence-electron chi connectivity index (χ3n) is 5.41. The molecule has 4 rings (SSSR count). The lowest BCUT2D eigenvalue weighted by Gasteiger charge is -2.11. The normalized spacial score (nSPS) is 15.2. The van der Waals surface area contributed by atoms with Crippen LogP contribution in [0.2, 0.25) is 0 Å². The van der Waals surface area contributed by atoms with Crippen molar-refractivity contribution in [1.29, 1.82) is 0 Å². The molecule has 1 saturated carbocycles. The van der Waals surface area contributed by atoms with Gasteiger partial charge in [0.1, 0.15) is 17.2 Å². The maximum Gasteiger partial charge on any atom is 0.296 e. The Bertz CT molecular complexity index is 1290. The summed E-state index contributed by atoms with van der Waals surface area (Å²) >= 11 is 0. The summed E-state index contributed by atoms with van der Waals surface area (Å²) in [6, 6.07) is 12.2. The van der Waals surface area contributed by atoms with Gasteiger partial charge < -0.3 is 0 Å². The number of sulfonamides is 1. The zero-order valence-electron chi connectivity index (χ0n) is 16.5. The smallest absolute Gasteiger partial charge is 0.283 e. The molecule has 3 aromatic rings. The Morgan fingerprint density at radius 3 is 2.50 bits per heavy atom. The molecular weight excluding hydrogens is 412 g/mol. The van der Waals surface area contributed by atoms with Crippen LogP contribution in [-0.4, -0.2) is 17.8 Å². The fourth-order valence-corrected chi connectivity index (χ4v) is 4.70. The van der Waals surface area contributed by atoms with Crippen LogP contribution in [0.3, 0.4) is 0 Å². The van der Waals surface area contributed by atoms with Gasteiger partial charge in [-0.15, -0.1) is 0 Å². The number of nitrogens with one attached hydrogen (secondary N) is 1. The Balaban J connectivity index is 1.70. The summed E-state index contributed by atoms with van der Waals surface area (Å²) in [5.74, 6) is -1.24. The monoisotopic (exact) mass is 433 g/mol. The summed E-state index contributed by atoms with van der Waals surface area (Å²) in [5, 5.41) is 0. The quantitative estimate of drug-likeness (QED) is 0.647. The molecule has 1 aromatic heterocycles. The van der Waals surface area contributed by atoms with Crippen LogP contribution in [0.4, 0.5) is 14.5 Å². The predicted octanol–water partition coefficient (Wildman–Crippen LogP) is 3.52. The Hall–Kier alpha value is -2.94. The molecule has 1 fully saturated rings. The van der Waals surface area contributed by atoms with Gasteiger partial charge in [-0.1, -0.05) is 30.3 Å². The summed E-state index contributed by atoms with van der Waals surface area (Å²) in [5.41, 5.74) is -0.759. The molecule has 0 atom stereocenters. The van der Waals surface area contributed by atoms with E-state index in [-0.39, 0.29) is 11.3 Å². The van der Waals surface area contributed by atoms with Crippen molar-refractivity contribution in [2.75, 3.05) is 4.72 Å². The highest BCUT2D eigenvalue weighted by Gasteiger charge is 2.45. The van der Waals surface area contributed by atoms with Gasteiger partial charge in [0.05, 0.1) is 17.1 Å². The zero-order valence-corrected chi connectivity index (χ0v) is 17.3. The maximum absolute atomic E-state index is 14.5. The number of aromatic nitrogens is 2. The van der Waals surface area contributed by atoms with Crippen LogP contribution in [0.15, 0.2) is 53.3 Å². The Morgan fingerprint density at radius 2 is 1.83 bits per heavy atom. The molecule has 1 heterocycles. The van der Waals surface area contributed by atoms with Gasteiger partial charge >= 0.3 is 0 Å². The summed E-state index contributed by atoms with van der Waals surface area (Å²) in [6.45, 7) is 1.60. The summed E-state index contributed by atoms with van der Waals surface area (Å²) in [7, 11) is -2.43. The minimum absolute atomic E-state index is 0.00397. The van der Waals surface area contributed by atoms with Gasteiger partial charge in [0.2, 0.25) is 10.0 Å². The number of hydrogen-bond acceptors (Lipinski definition) is 3. The first-order chi connectivity index (χ1) is 14.1. The molecule has 1 N–H and O–H groups in total. The SMILES string of the molecule is Cc1c(NS(=O)(=O)Cc2ccccc2F)c(=O)n(-c2cccc(C3(F)CC3)c2)n1C. The van der Waals surface area contributed by atoms with Crippen molar-refractivity contribution in [3.8, 4) is 5.69 Å². The first-order valence-electron chi connectivity index (χ1n) is 9.44. The molecule has 0 bridgehead atoms. The van der Waals surface area contributed by atoms with E-state index in [1.165, 1.54) is 27.6 Å². The fourth-order valence-electron chi connectivity index (χ4n) is 3.44. The molecule has 0 saturated heterocycles. The van der Waals surface area contributed by atoms with Crippen LogP contribution < -0.4 is 10.3 Å². The summed E-state index contributed by atoms with van der Waals surface area (Å²) in [4.78, 5) is 13.0. The predicted molar refractivity (Wildman–Crippen MR) is 110 cm³/mol. The van der Waals surface area contributed by atoms with Crippen molar-refractivity contribution in [3.05, 3.63) is 81.5 Å². The van der Waals surface area contributed by atoms with Gasteiger partial charge in [-0.2, -0.15) is 0 Å². The first kappa shape index (κ1) is 20.3. The van der Waals surface area contributed by atoms with Crippen LogP contribution in [0, 0.1) is 12.7 Å². The maximum atomic E-state index is 14.5. The van der Waals surface area contributed by atoms with Crippen LogP contribution >= 0.6 is 0 Å². The molecule has 0 unspecified atom stereocenters. The van der Waals surface area contributed by atoms with E-state index in [0.717, 1.165) is 0 Å². The van der Waals surface area contributed by atoms with E-state index in [1.54, 1.807) is 44.3 Å². The van der Waals surface area contributed by atoms with Crippen molar-refractivity contribution in [2.24, 2.45) is 7.05 Å². The van der Waals surface area contributed by atoms with Gasteiger partial charge in [0, 0.05) is 12.6 Å². The highest BCUT2D eigenvalue weighted by Crippen LogP contribution is 2.49. The molecule has 0 radical (unpaired) electrons. The number of hydrogen-bond donors (Lipinski definition) is 1. The molecule has 1 aliphatic rings. The highest BCUT2D eigenvalue weighted by atomic mass is 32.2. The number of rotatable bonds is 6. The minimum Gasteiger partial charge on any atom is -0.283 e. The van der Waals surface area contributed by atoms with Crippen LogP contribution in [0.1, 0.15) is 29.7 Å². The Labute approximate surface area is 172 Å². The number of halogens is 2. The van der Waals surface area contributed by atoms with Crippen LogP contribution in [0.25, 0.3) is 5.69 Å². The standard InChI is InChI=1S/C21H21F2N3O3S/c1-14-19(24-30(28,29)13-15-6-3-4-9-18(15)22)20(27)26(25(14)2)17-8-5-7-16(12-17)21(23)10-11-21/h3-9,12,24H,10-11,13H2,1-2H3. The van der Waals surface area contributed by atoms with Crippen molar-refractivity contribution >= 4 is 15.7 Å². The molecule has 0 aliphatic heterocycles. The lowest BCUT2D eigenvalue weighted by molar-refractivity contribution is 0.317. The second-order valence-corrected chi connectivity index (χ2v) is 9.29. The fraction of sp³-hybridized carbons (Fsp3) is 0.286. The van der Waals surface area contributed by atoms with Gasteiger partial charge in [-0.05, 0) is 43.5 Å². The average Bonchev–Trinajstić information content (AvgIpc) is 3.42. The molecule has 2 aromatic carbocycles. The van der Waals surface area contributed by atoms with E-state index in [9.17, 15) is 22.0 Å². The third-order valence-corrected chi connectivity index (χ3v) is 6.62. The summed E-state index contributed by atoms with van der Waals surface area (Å²) in [6.07, 6.45) is 0.886. The topological polar surface area (TPSA) is 73.1 Å². The number of alkyl halides is 1. The van der Waals surface area contributed by atoms with Crippen LogP contribution in [0.5, 0.6) is 0 Å². The van der Waals surface area contributed by atoms with E-state index < -0.39 is 32.8 Å². The summed E-state index contributed by atoms with van der Waals surface area (Å²) < 4.78 is 58.6. The number of nitrogens with zero attached hydrogens (tertiary/aromatic N) is 2. The van der Waals surface area contributed by atoms with Crippen LogP contribution in [-0.2, 0) is 28.5 Å². The lowest BCUT2D eigenvalue weighted by Crippen LogP contribution is -2.24. The highest BCUT2D eigenvalue weighted by molar-refractivity contribution is 7.91. The zero-order chi connectivity index (χ0) is 21.7. The second kappa shape index (κ2) is 7.09. The van der Waals surface area contributed by atoms with E-state index in [4.69, 9.17) is 0 Å². The van der Waals surface area contributed by atoms with E-state index >= 15 is 0 Å². The molecular formula is C21H21F2N3O3S. The third kappa shape index (κ3) is 3.65. The average molecular weight is 433 g/mol. The van der Waals surface area contributed by atoms with Gasteiger partial charge in [-0.25, -0.2) is 21.9 Å². The molecule has 1 aliphatic carbocycles. The Kier molecular flexibility index (Phi) is 4.80. The minimum atomic E-state index is -4.04. The molecule has 6 nitrogen and oxygen atoms in total. The van der Waals surface area contributed by atoms with E-state index in [2.05, 4.69) is 4.72 Å². The molecule has 158 valence electrons. The van der Waals surface area contributed by atoms with E-state index in [0.29, 0.717) is 29.8 Å². The molecule has 30 heavy (non-hydrogen) atoms. The van der Waals surface area contributed by atoms with Gasteiger partial charge in [-0.3, -0.25) is 14.2 Å². The number of benzene rings is 2. The molecule has 9 heteroatoms. The van der Waals surface area contributed by atoms with Crippen molar-refractivity contribution < 1.29 is 17.2 Å². The largest absolute Gasteiger partial charge is 0.296 e. The van der Waals surface area contributed by atoms with Gasteiger partial charge in [0.25, 0.3) is 5.56 Å². The second-order valence-electron chi connectivity index (χ2n) is 7.57. The van der Waals surface area contributed by atoms with Crippen molar-refractivity contribution in [1.82, 2.24) is 9.36 Å². The van der Waals surface area contributed by atoms with E-state index in [1.807, 2.05) is 0 Å². The lowest BCUT2D eigenvalue weighted by atomic mass is 10.1.